The third kappa shape index (κ3) is 2.69. The fraction of sp³-hybridized carbons (Fsp3) is 0.125. The molecule has 0 bridgehead atoms. The molecule has 0 unspecified atom stereocenters. The summed E-state index contributed by atoms with van der Waals surface area (Å²) in [5.41, 5.74) is 3.04. The first-order valence-corrected chi connectivity index (χ1v) is 6.90. The molecule has 0 radical (unpaired) electrons. The maximum Gasteiger partial charge on any atom is 0.247 e. The minimum absolute atomic E-state index is 0.127. The van der Waals surface area contributed by atoms with Crippen LogP contribution in [-0.4, -0.2) is 11.9 Å². The van der Waals surface area contributed by atoms with Crippen molar-refractivity contribution in [3.8, 4) is 6.07 Å². The Balaban J connectivity index is 1.73. The zero-order valence-electron chi connectivity index (χ0n) is 11.1. The Kier molecular flexibility index (Phi) is 3.51. The van der Waals surface area contributed by atoms with Crippen molar-refractivity contribution in [3.63, 3.8) is 0 Å². The van der Waals surface area contributed by atoms with Crippen molar-refractivity contribution in [1.82, 2.24) is 0 Å². The van der Waals surface area contributed by atoms with Crippen LogP contribution in [-0.2, 0) is 11.2 Å². The Hall–Kier alpha value is -2.51. The third-order valence-corrected chi connectivity index (χ3v) is 3.77. The molecule has 21 heavy (non-hydrogen) atoms. The molecule has 104 valence electrons. The van der Waals surface area contributed by atoms with Crippen LogP contribution in [0.25, 0.3) is 0 Å². The summed E-state index contributed by atoms with van der Waals surface area (Å²) in [4.78, 5) is 12.3. The number of amides is 1. The number of para-hydroxylation sites is 1. The summed E-state index contributed by atoms with van der Waals surface area (Å²) in [7, 11) is 0. The van der Waals surface area contributed by atoms with Gasteiger partial charge in [0.15, 0.2) is 0 Å². The molecule has 1 atom stereocenters. The highest BCUT2D eigenvalue weighted by Crippen LogP contribution is 2.26. The van der Waals surface area contributed by atoms with Crippen LogP contribution in [0.5, 0.6) is 0 Å². The van der Waals surface area contributed by atoms with Gasteiger partial charge in [0.25, 0.3) is 0 Å². The van der Waals surface area contributed by atoms with Crippen LogP contribution in [0.3, 0.4) is 0 Å². The average molecular weight is 298 g/mol. The first kappa shape index (κ1) is 13.5. The smallest absolute Gasteiger partial charge is 0.247 e. The third-order valence-electron chi connectivity index (χ3n) is 3.44. The molecule has 1 aliphatic heterocycles. The van der Waals surface area contributed by atoms with E-state index in [0.29, 0.717) is 22.7 Å². The molecule has 2 aromatic rings. The second kappa shape index (κ2) is 5.47. The standard InChI is InChI=1S/C16H12ClN3O/c17-13-6-5-12(7-11(13)9-18)19-16(21)15-8-10-3-1-2-4-14(10)20-15/h1-7,15,20H,8H2,(H,19,21)/t15-/m0/s1. The molecular formula is C16H12ClN3O. The number of hydrogen-bond donors (Lipinski definition) is 2. The van der Waals surface area contributed by atoms with Gasteiger partial charge in [0.05, 0.1) is 10.6 Å². The maximum absolute atomic E-state index is 12.3. The van der Waals surface area contributed by atoms with Crippen molar-refractivity contribution in [3.05, 3.63) is 58.6 Å². The number of carbonyl (C=O) groups is 1. The van der Waals surface area contributed by atoms with Gasteiger partial charge in [-0.05, 0) is 29.8 Å². The zero-order valence-corrected chi connectivity index (χ0v) is 11.8. The van der Waals surface area contributed by atoms with E-state index < -0.39 is 0 Å². The van der Waals surface area contributed by atoms with Gasteiger partial charge in [-0.15, -0.1) is 0 Å². The molecule has 0 fully saturated rings. The van der Waals surface area contributed by atoms with Gasteiger partial charge in [-0.2, -0.15) is 5.26 Å². The SMILES string of the molecule is N#Cc1cc(NC(=O)[C@@H]2Cc3ccccc3N2)ccc1Cl. The number of fused-ring (bicyclic) bond motifs is 1. The van der Waals surface area contributed by atoms with E-state index in [1.807, 2.05) is 30.3 Å². The number of nitrogens with one attached hydrogen (secondary N) is 2. The minimum Gasteiger partial charge on any atom is -0.373 e. The Morgan fingerprint density at radius 1 is 1.33 bits per heavy atom. The van der Waals surface area contributed by atoms with E-state index in [1.165, 1.54) is 0 Å². The topological polar surface area (TPSA) is 64.9 Å². The summed E-state index contributed by atoms with van der Waals surface area (Å²) in [6.07, 6.45) is 0.653. The van der Waals surface area contributed by atoms with Crippen LogP contribution < -0.4 is 10.6 Å². The Morgan fingerprint density at radius 2 is 2.14 bits per heavy atom. The molecular weight excluding hydrogens is 286 g/mol. The number of benzene rings is 2. The number of nitrogens with zero attached hydrogens (tertiary/aromatic N) is 1. The predicted molar refractivity (Wildman–Crippen MR) is 82.4 cm³/mol. The lowest BCUT2D eigenvalue weighted by atomic mass is 10.1. The lowest BCUT2D eigenvalue weighted by Crippen LogP contribution is -2.32. The molecule has 0 saturated heterocycles. The Labute approximate surface area is 127 Å². The lowest BCUT2D eigenvalue weighted by Gasteiger charge is -2.12. The quantitative estimate of drug-likeness (QED) is 0.894. The first-order chi connectivity index (χ1) is 10.2. The van der Waals surface area contributed by atoms with Crippen molar-refractivity contribution in [2.24, 2.45) is 0 Å². The van der Waals surface area contributed by atoms with Gasteiger partial charge in [0, 0.05) is 17.8 Å². The highest BCUT2D eigenvalue weighted by molar-refractivity contribution is 6.31. The molecule has 1 heterocycles. The molecule has 1 amide bonds. The van der Waals surface area contributed by atoms with E-state index in [-0.39, 0.29) is 11.9 Å². The fourth-order valence-corrected chi connectivity index (χ4v) is 2.53. The van der Waals surface area contributed by atoms with E-state index in [4.69, 9.17) is 16.9 Å². The Morgan fingerprint density at radius 3 is 2.90 bits per heavy atom. The molecule has 4 nitrogen and oxygen atoms in total. The Bertz CT molecular complexity index is 726. The predicted octanol–water partition coefficient (Wildman–Crippen LogP) is 3.19. The van der Waals surface area contributed by atoms with Crippen molar-refractivity contribution >= 4 is 28.9 Å². The summed E-state index contributed by atoms with van der Waals surface area (Å²) in [5, 5.41) is 15.3. The maximum atomic E-state index is 12.3. The molecule has 0 aromatic heterocycles. The molecule has 3 rings (SSSR count). The molecule has 0 aliphatic carbocycles. The van der Waals surface area contributed by atoms with Crippen LogP contribution in [0.15, 0.2) is 42.5 Å². The van der Waals surface area contributed by atoms with Crippen LogP contribution in [0.1, 0.15) is 11.1 Å². The second-order valence-corrected chi connectivity index (χ2v) is 5.26. The van der Waals surface area contributed by atoms with Crippen molar-refractivity contribution in [1.29, 1.82) is 5.26 Å². The number of rotatable bonds is 2. The van der Waals surface area contributed by atoms with Gasteiger partial charge < -0.3 is 10.6 Å². The molecule has 2 aromatic carbocycles. The lowest BCUT2D eigenvalue weighted by molar-refractivity contribution is -0.116. The highest BCUT2D eigenvalue weighted by atomic mass is 35.5. The van der Waals surface area contributed by atoms with Gasteiger partial charge in [-0.3, -0.25) is 4.79 Å². The zero-order chi connectivity index (χ0) is 14.8. The number of hydrogen-bond acceptors (Lipinski definition) is 3. The van der Waals surface area contributed by atoms with Crippen LogP contribution >= 0.6 is 11.6 Å². The molecule has 0 spiro atoms. The number of carbonyl (C=O) groups excluding carboxylic acids is 1. The monoisotopic (exact) mass is 297 g/mol. The van der Waals surface area contributed by atoms with Gasteiger partial charge in [0.2, 0.25) is 5.91 Å². The van der Waals surface area contributed by atoms with Gasteiger partial charge in [-0.25, -0.2) is 0 Å². The summed E-state index contributed by atoms with van der Waals surface area (Å²) in [5.74, 6) is -0.127. The molecule has 1 aliphatic rings. The average Bonchev–Trinajstić information content (AvgIpc) is 2.93. The minimum atomic E-state index is -0.302. The normalized spacial score (nSPS) is 15.7. The second-order valence-electron chi connectivity index (χ2n) is 4.85. The number of nitriles is 1. The van der Waals surface area contributed by atoms with Crippen molar-refractivity contribution < 1.29 is 4.79 Å². The largest absolute Gasteiger partial charge is 0.373 e. The van der Waals surface area contributed by atoms with E-state index in [0.717, 1.165) is 11.3 Å². The first-order valence-electron chi connectivity index (χ1n) is 6.52. The summed E-state index contributed by atoms with van der Waals surface area (Å²) >= 11 is 5.87. The molecule has 2 N–H and O–H groups in total. The number of anilines is 2. The molecule has 0 saturated carbocycles. The van der Waals surface area contributed by atoms with Gasteiger partial charge >= 0.3 is 0 Å². The van der Waals surface area contributed by atoms with E-state index >= 15 is 0 Å². The summed E-state index contributed by atoms with van der Waals surface area (Å²) in [6, 6.07) is 14.4. The van der Waals surface area contributed by atoms with E-state index in [2.05, 4.69) is 10.6 Å². The van der Waals surface area contributed by atoms with E-state index in [9.17, 15) is 4.79 Å². The summed E-state index contributed by atoms with van der Waals surface area (Å²) < 4.78 is 0. The van der Waals surface area contributed by atoms with Gasteiger partial charge in [0.1, 0.15) is 12.1 Å². The van der Waals surface area contributed by atoms with Gasteiger partial charge in [-0.1, -0.05) is 29.8 Å². The molecule has 5 heteroatoms. The van der Waals surface area contributed by atoms with Crippen LogP contribution in [0, 0.1) is 11.3 Å². The van der Waals surface area contributed by atoms with Crippen molar-refractivity contribution in [2.45, 2.75) is 12.5 Å². The van der Waals surface area contributed by atoms with E-state index in [1.54, 1.807) is 18.2 Å². The van der Waals surface area contributed by atoms with Crippen molar-refractivity contribution in [2.75, 3.05) is 10.6 Å². The summed E-state index contributed by atoms with van der Waals surface area (Å²) in [6.45, 7) is 0. The van der Waals surface area contributed by atoms with Crippen LogP contribution in [0.2, 0.25) is 5.02 Å². The van der Waals surface area contributed by atoms with Crippen LogP contribution in [0.4, 0.5) is 11.4 Å². The fourth-order valence-electron chi connectivity index (χ4n) is 2.37. The number of halogens is 1. The highest BCUT2D eigenvalue weighted by Gasteiger charge is 2.26.